The van der Waals surface area contributed by atoms with Crippen molar-refractivity contribution in [3.8, 4) is 17.2 Å². The fourth-order valence-electron chi connectivity index (χ4n) is 4.36. The van der Waals surface area contributed by atoms with Gasteiger partial charge in [0.2, 0.25) is 0 Å². The number of hydrogen-bond acceptors (Lipinski definition) is 5. The lowest BCUT2D eigenvalue weighted by Gasteiger charge is -2.37. The highest BCUT2D eigenvalue weighted by Crippen LogP contribution is 2.39. The summed E-state index contributed by atoms with van der Waals surface area (Å²) < 4.78 is 22.3. The number of carbonyl (C=O) groups excluding carboxylic acids is 1. The van der Waals surface area contributed by atoms with E-state index in [-0.39, 0.29) is 12.1 Å². The van der Waals surface area contributed by atoms with Crippen LogP contribution in [0, 0.1) is 0 Å². The van der Waals surface area contributed by atoms with Crippen molar-refractivity contribution in [2.45, 2.75) is 32.4 Å². The van der Waals surface area contributed by atoms with E-state index in [1.54, 1.807) is 14.2 Å². The minimum absolute atomic E-state index is 0.168. The summed E-state index contributed by atoms with van der Waals surface area (Å²) in [5.74, 6) is 2.16. The Kier molecular flexibility index (Phi) is 7.58. The summed E-state index contributed by atoms with van der Waals surface area (Å²) in [5, 5.41) is 0. The van der Waals surface area contributed by atoms with Gasteiger partial charge in [0.05, 0.1) is 26.9 Å². The van der Waals surface area contributed by atoms with E-state index in [1.807, 2.05) is 66.4 Å². The van der Waals surface area contributed by atoms with Crippen molar-refractivity contribution in [1.29, 1.82) is 0 Å². The first kappa shape index (κ1) is 23.5. The van der Waals surface area contributed by atoms with E-state index >= 15 is 0 Å². The number of carbonyl (C=O) groups is 1. The van der Waals surface area contributed by atoms with E-state index in [2.05, 4.69) is 12.1 Å². The lowest BCUT2D eigenvalue weighted by atomic mass is 9.88. The van der Waals surface area contributed by atoms with Gasteiger partial charge in [0.1, 0.15) is 12.4 Å². The standard InChI is InChI=1S/C28H31NO5/c1-4-33-28(30)29-15-14-22-17-26(31-2)27(32-3)18-24(22)25(29)16-20-10-12-23(13-11-20)34-19-21-8-6-5-7-9-21/h5-13,17-18,25H,4,14-16,19H2,1-3H3/t25-/m1/s1. The fraction of sp³-hybridized carbons (Fsp3) is 0.321. The Morgan fingerprint density at radius 2 is 1.65 bits per heavy atom. The number of fused-ring (bicyclic) bond motifs is 1. The predicted octanol–water partition coefficient (Wildman–Crippen LogP) is 5.58. The zero-order valence-electron chi connectivity index (χ0n) is 20.0. The third kappa shape index (κ3) is 5.28. The smallest absolute Gasteiger partial charge is 0.410 e. The second-order valence-electron chi connectivity index (χ2n) is 8.19. The van der Waals surface area contributed by atoms with Crippen LogP contribution in [0.2, 0.25) is 0 Å². The second kappa shape index (κ2) is 11.0. The van der Waals surface area contributed by atoms with Gasteiger partial charge in [-0.2, -0.15) is 0 Å². The highest BCUT2D eigenvalue weighted by atomic mass is 16.6. The molecule has 0 N–H and O–H groups in total. The van der Waals surface area contributed by atoms with Crippen LogP contribution in [0.4, 0.5) is 4.79 Å². The van der Waals surface area contributed by atoms with Crippen LogP contribution in [-0.4, -0.2) is 38.4 Å². The van der Waals surface area contributed by atoms with Crippen molar-refractivity contribution < 1.29 is 23.7 Å². The first-order valence-corrected chi connectivity index (χ1v) is 11.6. The molecule has 0 fully saturated rings. The molecule has 3 aromatic rings. The quantitative estimate of drug-likeness (QED) is 0.438. The van der Waals surface area contributed by atoms with E-state index in [4.69, 9.17) is 18.9 Å². The average Bonchev–Trinajstić information content (AvgIpc) is 2.88. The van der Waals surface area contributed by atoms with E-state index < -0.39 is 0 Å². The van der Waals surface area contributed by atoms with Gasteiger partial charge in [0, 0.05) is 6.54 Å². The van der Waals surface area contributed by atoms with Crippen LogP contribution in [0.3, 0.4) is 0 Å². The molecule has 0 aromatic heterocycles. The van der Waals surface area contributed by atoms with Crippen molar-refractivity contribution >= 4 is 6.09 Å². The molecule has 6 nitrogen and oxygen atoms in total. The normalized spacial score (nSPS) is 14.8. The van der Waals surface area contributed by atoms with Crippen LogP contribution < -0.4 is 14.2 Å². The first-order chi connectivity index (χ1) is 16.6. The maximum atomic E-state index is 12.8. The van der Waals surface area contributed by atoms with Gasteiger partial charge >= 0.3 is 6.09 Å². The molecule has 0 saturated carbocycles. The van der Waals surface area contributed by atoms with Crippen LogP contribution in [0.15, 0.2) is 66.7 Å². The second-order valence-corrected chi connectivity index (χ2v) is 8.19. The predicted molar refractivity (Wildman–Crippen MR) is 131 cm³/mol. The number of methoxy groups -OCH3 is 2. The summed E-state index contributed by atoms with van der Waals surface area (Å²) in [4.78, 5) is 14.6. The third-order valence-electron chi connectivity index (χ3n) is 6.11. The van der Waals surface area contributed by atoms with Gasteiger partial charge in [-0.1, -0.05) is 42.5 Å². The van der Waals surface area contributed by atoms with Gasteiger partial charge in [-0.15, -0.1) is 0 Å². The number of ether oxygens (including phenoxy) is 4. The summed E-state index contributed by atoms with van der Waals surface area (Å²) in [5.41, 5.74) is 4.45. The number of amides is 1. The van der Waals surface area contributed by atoms with Gasteiger partial charge in [0.15, 0.2) is 11.5 Å². The Bertz CT molecular complexity index is 1100. The Morgan fingerprint density at radius 1 is 0.941 bits per heavy atom. The summed E-state index contributed by atoms with van der Waals surface area (Å²) in [7, 11) is 3.26. The van der Waals surface area contributed by atoms with Crippen LogP contribution in [-0.2, 0) is 24.2 Å². The van der Waals surface area contributed by atoms with E-state index in [9.17, 15) is 4.79 Å². The topological polar surface area (TPSA) is 57.2 Å². The fourth-order valence-corrected chi connectivity index (χ4v) is 4.36. The minimum atomic E-state index is -0.296. The molecule has 0 unspecified atom stereocenters. The maximum absolute atomic E-state index is 12.8. The van der Waals surface area contributed by atoms with Gasteiger partial charge < -0.3 is 23.8 Å². The van der Waals surface area contributed by atoms with Crippen molar-refractivity contribution in [2.75, 3.05) is 27.4 Å². The molecule has 0 radical (unpaired) electrons. The van der Waals surface area contributed by atoms with Gasteiger partial charge in [-0.3, -0.25) is 0 Å². The minimum Gasteiger partial charge on any atom is -0.493 e. The zero-order chi connectivity index (χ0) is 23.9. The highest BCUT2D eigenvalue weighted by molar-refractivity contribution is 5.69. The Labute approximate surface area is 201 Å². The largest absolute Gasteiger partial charge is 0.493 e. The zero-order valence-corrected chi connectivity index (χ0v) is 20.0. The number of benzene rings is 3. The molecule has 3 aromatic carbocycles. The Balaban J connectivity index is 1.56. The van der Waals surface area contributed by atoms with Crippen molar-refractivity contribution in [2.24, 2.45) is 0 Å². The summed E-state index contributed by atoms with van der Waals surface area (Å²) in [6, 6.07) is 22.0. The molecule has 4 rings (SSSR count). The molecule has 0 spiro atoms. The summed E-state index contributed by atoms with van der Waals surface area (Å²) >= 11 is 0. The lowest BCUT2D eigenvalue weighted by molar-refractivity contribution is 0.0863. The number of nitrogens with zero attached hydrogens (tertiary/aromatic N) is 1. The van der Waals surface area contributed by atoms with E-state index in [0.717, 1.165) is 34.4 Å². The molecular formula is C28H31NO5. The Morgan fingerprint density at radius 3 is 2.32 bits per heavy atom. The van der Waals surface area contributed by atoms with E-state index in [1.165, 1.54) is 0 Å². The monoisotopic (exact) mass is 461 g/mol. The molecule has 178 valence electrons. The SMILES string of the molecule is CCOC(=O)N1CCc2cc(OC)c(OC)cc2[C@H]1Cc1ccc(OCc2ccccc2)cc1. The summed E-state index contributed by atoms with van der Waals surface area (Å²) in [6.45, 7) is 3.28. The number of rotatable bonds is 8. The molecule has 0 aliphatic carbocycles. The Hall–Kier alpha value is -3.67. The maximum Gasteiger partial charge on any atom is 0.410 e. The average molecular weight is 462 g/mol. The first-order valence-electron chi connectivity index (χ1n) is 11.6. The molecule has 1 heterocycles. The lowest BCUT2D eigenvalue weighted by Crippen LogP contribution is -2.41. The molecule has 1 atom stereocenters. The van der Waals surface area contributed by atoms with Crippen LogP contribution in [0.5, 0.6) is 17.2 Å². The summed E-state index contributed by atoms with van der Waals surface area (Å²) in [6.07, 6.45) is 1.09. The van der Waals surface area contributed by atoms with Crippen molar-refractivity contribution in [1.82, 2.24) is 4.90 Å². The molecule has 1 aliphatic heterocycles. The van der Waals surface area contributed by atoms with Crippen molar-refractivity contribution in [3.05, 3.63) is 89.0 Å². The van der Waals surface area contributed by atoms with Crippen molar-refractivity contribution in [3.63, 3.8) is 0 Å². The van der Waals surface area contributed by atoms with Crippen LogP contribution >= 0.6 is 0 Å². The molecule has 6 heteroatoms. The van der Waals surface area contributed by atoms with Crippen LogP contribution in [0.1, 0.15) is 35.2 Å². The molecule has 0 saturated heterocycles. The van der Waals surface area contributed by atoms with Gasteiger partial charge in [-0.05, 0) is 66.3 Å². The third-order valence-corrected chi connectivity index (χ3v) is 6.11. The van der Waals surface area contributed by atoms with Gasteiger partial charge in [0.25, 0.3) is 0 Å². The molecule has 1 aliphatic rings. The molecule has 34 heavy (non-hydrogen) atoms. The molecule has 1 amide bonds. The van der Waals surface area contributed by atoms with Gasteiger partial charge in [-0.25, -0.2) is 4.79 Å². The molecule has 0 bridgehead atoms. The van der Waals surface area contributed by atoms with Crippen LogP contribution in [0.25, 0.3) is 0 Å². The number of hydrogen-bond donors (Lipinski definition) is 0. The highest BCUT2D eigenvalue weighted by Gasteiger charge is 2.33. The van der Waals surface area contributed by atoms with E-state index in [0.29, 0.717) is 37.7 Å². The molecular weight excluding hydrogens is 430 g/mol.